The highest BCUT2D eigenvalue weighted by atomic mass is 19.3. The zero-order valence-electron chi connectivity index (χ0n) is 10.9. The van der Waals surface area contributed by atoms with Gasteiger partial charge in [-0.15, -0.1) is 0 Å². The van der Waals surface area contributed by atoms with Crippen molar-refractivity contribution in [2.24, 2.45) is 17.6 Å². The van der Waals surface area contributed by atoms with Gasteiger partial charge in [-0.1, -0.05) is 6.92 Å². The lowest BCUT2D eigenvalue weighted by molar-refractivity contribution is -0.0575. The number of halogens is 2. The smallest absolute Gasteiger partial charge is 0.248 e. The fourth-order valence-corrected chi connectivity index (χ4v) is 3.57. The Hall–Kier alpha value is -0.180. The molecular formula is C14H25F2N. The SMILES string of the molecule is CC1CCC(N)(CC2CCCC(F)(F)C2)CC1. The number of rotatable bonds is 2. The van der Waals surface area contributed by atoms with Gasteiger partial charge < -0.3 is 5.73 Å². The first-order valence-corrected chi connectivity index (χ1v) is 7.05. The van der Waals surface area contributed by atoms with E-state index in [9.17, 15) is 8.78 Å². The van der Waals surface area contributed by atoms with Gasteiger partial charge in [-0.2, -0.15) is 0 Å². The molecule has 2 N–H and O–H groups in total. The molecule has 3 heteroatoms. The number of hydrogen-bond acceptors (Lipinski definition) is 1. The zero-order valence-corrected chi connectivity index (χ0v) is 10.9. The Bertz CT molecular complexity index is 257. The van der Waals surface area contributed by atoms with Gasteiger partial charge in [0, 0.05) is 18.4 Å². The highest BCUT2D eigenvalue weighted by Gasteiger charge is 2.40. The maximum Gasteiger partial charge on any atom is 0.248 e. The van der Waals surface area contributed by atoms with Crippen LogP contribution in [0.3, 0.4) is 0 Å². The van der Waals surface area contributed by atoms with E-state index in [4.69, 9.17) is 5.73 Å². The van der Waals surface area contributed by atoms with Crippen LogP contribution in [-0.4, -0.2) is 11.5 Å². The first-order chi connectivity index (χ1) is 7.89. The molecule has 1 atom stereocenters. The van der Waals surface area contributed by atoms with Crippen molar-refractivity contribution in [2.75, 3.05) is 0 Å². The molecule has 0 bridgehead atoms. The molecule has 0 spiro atoms. The van der Waals surface area contributed by atoms with Crippen molar-refractivity contribution in [1.29, 1.82) is 0 Å². The molecule has 0 saturated heterocycles. The van der Waals surface area contributed by atoms with Gasteiger partial charge in [0.2, 0.25) is 5.92 Å². The second-order valence-corrected chi connectivity index (χ2v) is 6.57. The Kier molecular flexibility index (Phi) is 3.77. The van der Waals surface area contributed by atoms with Crippen molar-refractivity contribution in [3.05, 3.63) is 0 Å². The van der Waals surface area contributed by atoms with Crippen molar-refractivity contribution in [3.63, 3.8) is 0 Å². The second kappa shape index (κ2) is 4.83. The predicted molar refractivity (Wildman–Crippen MR) is 66.1 cm³/mol. The van der Waals surface area contributed by atoms with Crippen molar-refractivity contribution in [2.45, 2.75) is 76.2 Å². The van der Waals surface area contributed by atoms with E-state index in [-0.39, 0.29) is 24.3 Å². The van der Waals surface area contributed by atoms with Gasteiger partial charge in [0.25, 0.3) is 0 Å². The van der Waals surface area contributed by atoms with Crippen LogP contribution in [0.15, 0.2) is 0 Å². The van der Waals surface area contributed by atoms with Gasteiger partial charge >= 0.3 is 0 Å². The molecule has 2 aliphatic rings. The van der Waals surface area contributed by atoms with Crippen LogP contribution < -0.4 is 5.73 Å². The third-order valence-electron chi connectivity index (χ3n) is 4.71. The molecule has 100 valence electrons. The quantitative estimate of drug-likeness (QED) is 0.778. The molecule has 0 amide bonds. The minimum absolute atomic E-state index is 0.0709. The summed E-state index contributed by atoms with van der Waals surface area (Å²) >= 11 is 0. The van der Waals surface area contributed by atoms with Gasteiger partial charge in [-0.05, 0) is 56.8 Å². The molecule has 0 aliphatic heterocycles. The van der Waals surface area contributed by atoms with E-state index in [0.717, 1.165) is 31.6 Å². The van der Waals surface area contributed by atoms with Crippen LogP contribution in [0.25, 0.3) is 0 Å². The predicted octanol–water partition coefficient (Wildman–Crippen LogP) is 4.11. The topological polar surface area (TPSA) is 26.0 Å². The molecular weight excluding hydrogens is 220 g/mol. The first-order valence-electron chi connectivity index (χ1n) is 7.05. The lowest BCUT2D eigenvalue weighted by atomic mass is 9.70. The van der Waals surface area contributed by atoms with Gasteiger partial charge in [-0.3, -0.25) is 0 Å². The summed E-state index contributed by atoms with van der Waals surface area (Å²) < 4.78 is 26.7. The summed E-state index contributed by atoms with van der Waals surface area (Å²) in [5, 5.41) is 0. The van der Waals surface area contributed by atoms with Crippen LogP contribution >= 0.6 is 0 Å². The van der Waals surface area contributed by atoms with E-state index < -0.39 is 5.92 Å². The summed E-state index contributed by atoms with van der Waals surface area (Å²) in [5.74, 6) is -1.52. The summed E-state index contributed by atoms with van der Waals surface area (Å²) in [5.41, 5.74) is 6.25. The number of alkyl halides is 2. The van der Waals surface area contributed by atoms with Crippen LogP contribution in [0.4, 0.5) is 8.78 Å². The van der Waals surface area contributed by atoms with E-state index >= 15 is 0 Å². The summed E-state index contributed by atoms with van der Waals surface area (Å²) in [6.07, 6.45) is 6.97. The van der Waals surface area contributed by atoms with Crippen LogP contribution in [0.5, 0.6) is 0 Å². The Balaban J connectivity index is 1.87. The first kappa shape index (κ1) is 13.3. The number of hydrogen-bond donors (Lipinski definition) is 1. The lowest BCUT2D eigenvalue weighted by Gasteiger charge is -2.40. The summed E-state index contributed by atoms with van der Waals surface area (Å²) in [6.45, 7) is 2.26. The van der Waals surface area contributed by atoms with Gasteiger partial charge in [0.1, 0.15) is 0 Å². The van der Waals surface area contributed by atoms with Crippen LogP contribution in [-0.2, 0) is 0 Å². The summed E-state index contributed by atoms with van der Waals surface area (Å²) in [7, 11) is 0. The minimum Gasteiger partial charge on any atom is -0.325 e. The van der Waals surface area contributed by atoms with Gasteiger partial charge in [0.15, 0.2) is 0 Å². The van der Waals surface area contributed by atoms with Crippen molar-refractivity contribution in [1.82, 2.24) is 0 Å². The maximum atomic E-state index is 13.4. The van der Waals surface area contributed by atoms with Crippen LogP contribution in [0.2, 0.25) is 0 Å². The molecule has 1 nitrogen and oxygen atoms in total. The molecule has 2 saturated carbocycles. The molecule has 2 fully saturated rings. The molecule has 0 heterocycles. The largest absolute Gasteiger partial charge is 0.325 e. The molecule has 17 heavy (non-hydrogen) atoms. The van der Waals surface area contributed by atoms with Crippen molar-refractivity contribution >= 4 is 0 Å². The summed E-state index contributed by atoms with van der Waals surface area (Å²) in [4.78, 5) is 0. The standard InChI is InChI=1S/C14H25F2N/c1-11-4-7-13(17,8-5-11)9-12-3-2-6-14(15,16)10-12/h11-12H,2-10,17H2,1H3. The maximum absolute atomic E-state index is 13.4. The molecule has 0 aromatic heterocycles. The monoisotopic (exact) mass is 245 g/mol. The van der Waals surface area contributed by atoms with E-state index in [1.165, 1.54) is 12.8 Å². The van der Waals surface area contributed by atoms with Gasteiger partial charge in [-0.25, -0.2) is 8.78 Å². The molecule has 0 radical (unpaired) electrons. The average Bonchev–Trinajstić information content (AvgIpc) is 2.21. The highest BCUT2D eigenvalue weighted by molar-refractivity contribution is 4.92. The zero-order chi connectivity index (χ0) is 12.5. The van der Waals surface area contributed by atoms with E-state index in [2.05, 4.69) is 6.92 Å². The lowest BCUT2D eigenvalue weighted by Crippen LogP contribution is -2.45. The van der Waals surface area contributed by atoms with Crippen molar-refractivity contribution in [3.8, 4) is 0 Å². The number of nitrogens with two attached hydrogens (primary N) is 1. The average molecular weight is 245 g/mol. The molecule has 0 aromatic rings. The second-order valence-electron chi connectivity index (χ2n) is 6.57. The van der Waals surface area contributed by atoms with E-state index in [0.29, 0.717) is 6.42 Å². The normalized spacial score (nSPS) is 42.4. The van der Waals surface area contributed by atoms with Crippen LogP contribution in [0, 0.1) is 11.8 Å². The highest BCUT2D eigenvalue weighted by Crippen LogP contribution is 2.42. The third-order valence-corrected chi connectivity index (χ3v) is 4.71. The minimum atomic E-state index is -2.43. The van der Waals surface area contributed by atoms with E-state index in [1.54, 1.807) is 0 Å². The summed E-state index contributed by atoms with van der Waals surface area (Å²) in [6, 6.07) is 0. The molecule has 2 aliphatic carbocycles. The fraction of sp³-hybridized carbons (Fsp3) is 1.00. The molecule has 2 rings (SSSR count). The Labute approximate surface area is 103 Å². The molecule has 0 aromatic carbocycles. The Morgan fingerprint density at radius 3 is 2.35 bits per heavy atom. The molecule has 1 unspecified atom stereocenters. The van der Waals surface area contributed by atoms with Crippen molar-refractivity contribution < 1.29 is 8.78 Å². The van der Waals surface area contributed by atoms with E-state index in [1.807, 2.05) is 0 Å². The third kappa shape index (κ3) is 3.64. The Morgan fingerprint density at radius 2 is 1.76 bits per heavy atom. The Morgan fingerprint density at radius 1 is 1.12 bits per heavy atom. The van der Waals surface area contributed by atoms with Crippen LogP contribution in [0.1, 0.15) is 64.7 Å². The fourth-order valence-electron chi connectivity index (χ4n) is 3.57. The van der Waals surface area contributed by atoms with Gasteiger partial charge in [0.05, 0.1) is 0 Å².